The molecule has 2 saturated heterocycles. The van der Waals surface area contributed by atoms with Crippen LogP contribution in [0.15, 0.2) is 0 Å². The van der Waals surface area contributed by atoms with E-state index in [2.05, 4.69) is 22.9 Å². The van der Waals surface area contributed by atoms with Crippen molar-refractivity contribution in [2.24, 2.45) is 11.8 Å². The summed E-state index contributed by atoms with van der Waals surface area (Å²) >= 11 is 2.06. The molecule has 2 atom stereocenters. The third-order valence-corrected chi connectivity index (χ3v) is 4.80. The van der Waals surface area contributed by atoms with Gasteiger partial charge in [-0.3, -0.25) is 4.90 Å². The maximum Gasteiger partial charge on any atom is 0.0645 e. The van der Waals surface area contributed by atoms with E-state index in [0.717, 1.165) is 36.3 Å². The summed E-state index contributed by atoms with van der Waals surface area (Å²) in [5, 5.41) is 1.00. The van der Waals surface area contributed by atoms with Crippen molar-refractivity contribution in [3.05, 3.63) is 0 Å². The van der Waals surface area contributed by atoms with Crippen LogP contribution in [-0.2, 0) is 4.74 Å². The van der Waals surface area contributed by atoms with Crippen LogP contribution < -0.4 is 0 Å². The minimum Gasteiger partial charge on any atom is -0.378 e. The summed E-state index contributed by atoms with van der Waals surface area (Å²) in [5.41, 5.74) is 0. The molecule has 1 aliphatic carbocycles. The predicted molar refractivity (Wildman–Crippen MR) is 50.5 cm³/mol. The average Bonchev–Trinajstić information content (AvgIpc) is 2.42. The quantitative estimate of drug-likeness (QED) is 0.627. The first-order valence-electron chi connectivity index (χ1n) is 4.74. The monoisotopic (exact) mass is 185 g/mol. The topological polar surface area (TPSA) is 12.5 Å². The lowest BCUT2D eigenvalue weighted by Crippen LogP contribution is -2.49. The SMILES string of the molecule is CSC1C2CN(C3COC3)CC21. The number of hydrogen-bond donors (Lipinski definition) is 0. The highest BCUT2D eigenvalue weighted by molar-refractivity contribution is 7.99. The first kappa shape index (κ1) is 7.65. The van der Waals surface area contributed by atoms with Gasteiger partial charge in [0.2, 0.25) is 0 Å². The molecule has 0 amide bonds. The Morgan fingerprint density at radius 3 is 2.33 bits per heavy atom. The van der Waals surface area contributed by atoms with E-state index in [-0.39, 0.29) is 0 Å². The highest BCUT2D eigenvalue weighted by Gasteiger charge is 2.56. The van der Waals surface area contributed by atoms with Crippen molar-refractivity contribution < 1.29 is 4.74 Å². The maximum absolute atomic E-state index is 5.20. The van der Waals surface area contributed by atoms with Crippen LogP contribution in [0.5, 0.6) is 0 Å². The number of piperidine rings is 1. The molecule has 3 aliphatic rings. The van der Waals surface area contributed by atoms with Gasteiger partial charge in [0.15, 0.2) is 0 Å². The number of hydrogen-bond acceptors (Lipinski definition) is 3. The first-order chi connectivity index (χ1) is 5.90. The third kappa shape index (κ3) is 0.963. The summed E-state index contributed by atoms with van der Waals surface area (Å²) in [4.78, 5) is 2.63. The molecule has 0 N–H and O–H groups in total. The van der Waals surface area contributed by atoms with Crippen LogP contribution in [0.4, 0.5) is 0 Å². The number of ether oxygens (including phenoxy) is 1. The van der Waals surface area contributed by atoms with Crippen molar-refractivity contribution >= 4 is 11.8 Å². The zero-order chi connectivity index (χ0) is 8.13. The standard InChI is InChI=1S/C9H15NOS/c1-12-9-7-2-10(3-8(7)9)6-4-11-5-6/h6-9H,2-5H2,1H3. The normalized spacial score (nSPS) is 47.2. The molecule has 0 aromatic heterocycles. The molecule has 12 heavy (non-hydrogen) atoms. The number of rotatable bonds is 2. The van der Waals surface area contributed by atoms with Gasteiger partial charge in [0.25, 0.3) is 0 Å². The summed E-state index contributed by atoms with van der Waals surface area (Å²) < 4.78 is 5.20. The molecule has 3 fully saturated rings. The van der Waals surface area contributed by atoms with Crippen molar-refractivity contribution in [2.45, 2.75) is 11.3 Å². The van der Waals surface area contributed by atoms with E-state index in [4.69, 9.17) is 4.74 Å². The second-order valence-electron chi connectivity index (χ2n) is 4.17. The molecule has 68 valence electrons. The van der Waals surface area contributed by atoms with Gasteiger partial charge >= 0.3 is 0 Å². The minimum atomic E-state index is 0.778. The maximum atomic E-state index is 5.20. The highest BCUT2D eigenvalue weighted by Crippen LogP contribution is 2.52. The molecular weight excluding hydrogens is 170 g/mol. The molecule has 2 heterocycles. The van der Waals surface area contributed by atoms with Gasteiger partial charge < -0.3 is 4.74 Å². The summed E-state index contributed by atoms with van der Waals surface area (Å²) in [7, 11) is 0. The van der Waals surface area contributed by atoms with Crippen LogP contribution in [0.2, 0.25) is 0 Å². The molecule has 0 aromatic rings. The molecule has 0 bridgehead atoms. The van der Waals surface area contributed by atoms with E-state index < -0.39 is 0 Å². The van der Waals surface area contributed by atoms with E-state index in [1.165, 1.54) is 13.1 Å². The molecule has 1 saturated carbocycles. The number of nitrogens with zero attached hydrogens (tertiary/aromatic N) is 1. The Balaban J connectivity index is 1.55. The molecule has 2 aliphatic heterocycles. The fourth-order valence-electron chi connectivity index (χ4n) is 2.59. The Kier molecular flexibility index (Phi) is 1.68. The van der Waals surface area contributed by atoms with Crippen molar-refractivity contribution in [3.8, 4) is 0 Å². The number of fused-ring (bicyclic) bond motifs is 1. The third-order valence-electron chi connectivity index (χ3n) is 3.55. The summed E-state index contributed by atoms with van der Waals surface area (Å²) in [6.07, 6.45) is 2.25. The zero-order valence-electron chi connectivity index (χ0n) is 7.40. The van der Waals surface area contributed by atoms with E-state index in [0.29, 0.717) is 0 Å². The Labute approximate surface area is 77.6 Å². The molecule has 0 aromatic carbocycles. The molecule has 3 rings (SSSR count). The summed E-state index contributed by atoms with van der Waals surface area (Å²) in [5.74, 6) is 2.06. The predicted octanol–water partition coefficient (Wildman–Crippen LogP) is 0.678. The van der Waals surface area contributed by atoms with Crippen molar-refractivity contribution in [1.82, 2.24) is 4.90 Å². The Morgan fingerprint density at radius 1 is 1.25 bits per heavy atom. The Bertz CT molecular complexity index is 183. The van der Waals surface area contributed by atoms with Crippen molar-refractivity contribution in [1.29, 1.82) is 0 Å². The first-order valence-corrected chi connectivity index (χ1v) is 6.03. The van der Waals surface area contributed by atoms with Crippen LogP contribution >= 0.6 is 11.8 Å². The fraction of sp³-hybridized carbons (Fsp3) is 1.00. The lowest BCUT2D eigenvalue weighted by atomic mass is 10.2. The van der Waals surface area contributed by atoms with Gasteiger partial charge in [-0.05, 0) is 18.1 Å². The van der Waals surface area contributed by atoms with Gasteiger partial charge in [0.1, 0.15) is 0 Å². The van der Waals surface area contributed by atoms with Crippen LogP contribution in [0.25, 0.3) is 0 Å². The summed E-state index contributed by atoms with van der Waals surface area (Å²) in [6, 6.07) is 0.778. The van der Waals surface area contributed by atoms with Gasteiger partial charge in [0, 0.05) is 18.3 Å². The van der Waals surface area contributed by atoms with E-state index in [1.807, 2.05) is 0 Å². The zero-order valence-corrected chi connectivity index (χ0v) is 8.22. The second-order valence-corrected chi connectivity index (χ2v) is 5.19. The largest absolute Gasteiger partial charge is 0.378 e. The molecular formula is C9H15NOS. The lowest BCUT2D eigenvalue weighted by Gasteiger charge is -2.35. The summed E-state index contributed by atoms with van der Waals surface area (Å²) in [6.45, 7) is 4.68. The van der Waals surface area contributed by atoms with Gasteiger partial charge in [-0.2, -0.15) is 11.8 Å². The molecule has 3 heteroatoms. The van der Waals surface area contributed by atoms with Crippen LogP contribution in [0, 0.1) is 11.8 Å². The molecule has 2 unspecified atom stereocenters. The van der Waals surface area contributed by atoms with Crippen molar-refractivity contribution in [3.63, 3.8) is 0 Å². The lowest BCUT2D eigenvalue weighted by molar-refractivity contribution is -0.0603. The fourth-order valence-corrected chi connectivity index (χ4v) is 3.77. The van der Waals surface area contributed by atoms with E-state index in [1.54, 1.807) is 0 Å². The van der Waals surface area contributed by atoms with Crippen LogP contribution in [0.3, 0.4) is 0 Å². The highest BCUT2D eigenvalue weighted by atomic mass is 32.2. The van der Waals surface area contributed by atoms with E-state index in [9.17, 15) is 0 Å². The number of likely N-dealkylation sites (tertiary alicyclic amines) is 1. The van der Waals surface area contributed by atoms with Crippen LogP contribution in [-0.4, -0.2) is 48.8 Å². The van der Waals surface area contributed by atoms with Gasteiger partial charge in [-0.1, -0.05) is 0 Å². The number of thioether (sulfide) groups is 1. The van der Waals surface area contributed by atoms with Crippen molar-refractivity contribution in [2.75, 3.05) is 32.6 Å². The Morgan fingerprint density at radius 2 is 1.92 bits per heavy atom. The van der Waals surface area contributed by atoms with Crippen LogP contribution in [0.1, 0.15) is 0 Å². The average molecular weight is 185 g/mol. The molecule has 2 nitrogen and oxygen atoms in total. The van der Waals surface area contributed by atoms with Gasteiger partial charge in [0.05, 0.1) is 19.3 Å². The smallest absolute Gasteiger partial charge is 0.0645 e. The molecule has 0 spiro atoms. The minimum absolute atomic E-state index is 0.778. The van der Waals surface area contributed by atoms with E-state index >= 15 is 0 Å². The van der Waals surface area contributed by atoms with Gasteiger partial charge in [-0.25, -0.2) is 0 Å². The molecule has 0 radical (unpaired) electrons. The second kappa shape index (κ2) is 2.63. The Hall–Kier alpha value is 0.270. The van der Waals surface area contributed by atoms with Gasteiger partial charge in [-0.15, -0.1) is 0 Å².